The largest absolute Gasteiger partial charge is 0.389 e. The highest BCUT2D eigenvalue weighted by Crippen LogP contribution is 2.33. The molecule has 6 heteroatoms. The fourth-order valence-electron chi connectivity index (χ4n) is 2.10. The number of alkyl halides is 3. The number of nitrogens with one attached hydrogen (secondary N) is 1. The number of benzene rings is 1. The molecule has 2 nitrogen and oxygen atoms in total. The number of rotatable bonds is 5. The normalized spacial score (nSPS) is 13.9. The van der Waals surface area contributed by atoms with Gasteiger partial charge in [0.25, 0.3) is 0 Å². The Morgan fingerprint density at radius 2 is 2.00 bits per heavy atom. The zero-order chi connectivity index (χ0) is 13.9. The molecule has 0 radical (unpaired) electrons. The SMILES string of the molecule is NNC(CCCC(F)(F)F)c1csc2ccccc12. The summed E-state index contributed by atoms with van der Waals surface area (Å²) < 4.78 is 37.6. The second-order valence-electron chi connectivity index (χ2n) is 4.41. The number of hydrogen-bond donors (Lipinski definition) is 2. The van der Waals surface area contributed by atoms with E-state index in [0.717, 1.165) is 15.6 Å². The summed E-state index contributed by atoms with van der Waals surface area (Å²) in [5.41, 5.74) is 3.60. The van der Waals surface area contributed by atoms with Crippen LogP contribution in [0.5, 0.6) is 0 Å². The maximum atomic E-state index is 12.2. The highest BCUT2D eigenvalue weighted by Gasteiger charge is 2.27. The Labute approximate surface area is 113 Å². The summed E-state index contributed by atoms with van der Waals surface area (Å²) in [6.45, 7) is 0. The Kier molecular flexibility index (Phi) is 4.44. The molecular weight excluding hydrogens is 273 g/mol. The predicted molar refractivity (Wildman–Crippen MR) is 71.8 cm³/mol. The number of hydrogen-bond acceptors (Lipinski definition) is 3. The Balaban J connectivity index is 2.09. The Bertz CT molecular complexity index is 536. The summed E-state index contributed by atoms with van der Waals surface area (Å²) >= 11 is 1.58. The van der Waals surface area contributed by atoms with Crippen molar-refractivity contribution in [3.63, 3.8) is 0 Å². The van der Waals surface area contributed by atoms with Crippen LogP contribution in [0.25, 0.3) is 10.1 Å². The number of hydrazine groups is 1. The van der Waals surface area contributed by atoms with Crippen LogP contribution in [0.2, 0.25) is 0 Å². The Hall–Kier alpha value is -1.11. The highest BCUT2D eigenvalue weighted by molar-refractivity contribution is 7.17. The quantitative estimate of drug-likeness (QED) is 0.641. The first kappa shape index (κ1) is 14.3. The number of halogens is 3. The van der Waals surface area contributed by atoms with Crippen LogP contribution in [0, 0.1) is 0 Å². The van der Waals surface area contributed by atoms with Gasteiger partial charge in [-0.05, 0) is 35.2 Å². The van der Waals surface area contributed by atoms with Crippen molar-refractivity contribution in [2.75, 3.05) is 0 Å². The first-order chi connectivity index (χ1) is 9.01. The fraction of sp³-hybridized carbons (Fsp3) is 0.385. The minimum absolute atomic E-state index is 0.0720. The first-order valence-electron chi connectivity index (χ1n) is 6.00. The van der Waals surface area contributed by atoms with Gasteiger partial charge in [0.2, 0.25) is 0 Å². The maximum absolute atomic E-state index is 12.2. The van der Waals surface area contributed by atoms with Crippen LogP contribution in [-0.2, 0) is 0 Å². The molecule has 0 saturated carbocycles. The summed E-state index contributed by atoms with van der Waals surface area (Å²) in [4.78, 5) is 0. The lowest BCUT2D eigenvalue weighted by Crippen LogP contribution is -2.28. The molecule has 1 aromatic heterocycles. The average Bonchev–Trinajstić information content (AvgIpc) is 2.77. The molecule has 104 valence electrons. The van der Waals surface area contributed by atoms with Crippen molar-refractivity contribution in [1.29, 1.82) is 0 Å². The van der Waals surface area contributed by atoms with Crippen molar-refractivity contribution in [3.05, 3.63) is 35.2 Å². The van der Waals surface area contributed by atoms with Crippen LogP contribution in [0.4, 0.5) is 13.2 Å². The van der Waals surface area contributed by atoms with Crippen molar-refractivity contribution in [1.82, 2.24) is 5.43 Å². The number of fused-ring (bicyclic) bond motifs is 1. The number of thiophene rings is 1. The molecule has 0 bridgehead atoms. The molecule has 2 rings (SSSR count). The van der Waals surface area contributed by atoms with Crippen LogP contribution in [0.1, 0.15) is 30.9 Å². The minimum Gasteiger partial charge on any atom is -0.271 e. The van der Waals surface area contributed by atoms with E-state index in [1.165, 1.54) is 0 Å². The smallest absolute Gasteiger partial charge is 0.271 e. The molecule has 1 atom stereocenters. The van der Waals surface area contributed by atoms with Gasteiger partial charge in [-0.2, -0.15) is 13.2 Å². The lowest BCUT2D eigenvalue weighted by atomic mass is 10.0. The van der Waals surface area contributed by atoms with Gasteiger partial charge in [0.1, 0.15) is 0 Å². The molecular formula is C13H15F3N2S. The van der Waals surface area contributed by atoms with E-state index in [1.807, 2.05) is 29.6 Å². The van der Waals surface area contributed by atoms with Crippen LogP contribution < -0.4 is 11.3 Å². The van der Waals surface area contributed by atoms with E-state index in [2.05, 4.69) is 5.43 Å². The van der Waals surface area contributed by atoms with Gasteiger partial charge in [0, 0.05) is 17.2 Å². The molecule has 0 aliphatic heterocycles. The molecule has 0 spiro atoms. The monoisotopic (exact) mass is 288 g/mol. The molecule has 0 amide bonds. The van der Waals surface area contributed by atoms with Crippen molar-refractivity contribution < 1.29 is 13.2 Å². The Morgan fingerprint density at radius 3 is 2.68 bits per heavy atom. The molecule has 19 heavy (non-hydrogen) atoms. The molecule has 0 aliphatic carbocycles. The van der Waals surface area contributed by atoms with Gasteiger partial charge in [0.15, 0.2) is 0 Å². The van der Waals surface area contributed by atoms with Gasteiger partial charge >= 0.3 is 6.18 Å². The fourth-order valence-corrected chi connectivity index (χ4v) is 3.12. The van der Waals surface area contributed by atoms with Gasteiger partial charge in [0.05, 0.1) is 0 Å². The minimum atomic E-state index is -4.10. The summed E-state index contributed by atoms with van der Waals surface area (Å²) in [6.07, 6.45) is -4.43. The molecule has 0 aliphatic rings. The summed E-state index contributed by atoms with van der Waals surface area (Å²) in [7, 11) is 0. The standard InChI is InChI=1S/C13H15F3N2S/c14-13(15,16)7-3-5-11(18-17)10-8-19-12-6-2-1-4-9(10)12/h1-2,4,6,8,11,18H,3,5,7,17H2. The van der Waals surface area contributed by atoms with E-state index in [0.29, 0.717) is 6.42 Å². The van der Waals surface area contributed by atoms with E-state index >= 15 is 0 Å². The maximum Gasteiger partial charge on any atom is 0.389 e. The third-order valence-corrected chi connectivity index (χ3v) is 4.02. The topological polar surface area (TPSA) is 38.0 Å². The molecule has 1 heterocycles. The van der Waals surface area contributed by atoms with E-state index < -0.39 is 12.6 Å². The second kappa shape index (κ2) is 5.90. The van der Waals surface area contributed by atoms with E-state index in [1.54, 1.807) is 11.3 Å². The van der Waals surface area contributed by atoms with Crippen LogP contribution in [-0.4, -0.2) is 6.18 Å². The number of nitrogens with two attached hydrogens (primary N) is 1. The van der Waals surface area contributed by atoms with Gasteiger partial charge in [-0.3, -0.25) is 11.3 Å². The zero-order valence-electron chi connectivity index (χ0n) is 10.2. The van der Waals surface area contributed by atoms with Gasteiger partial charge < -0.3 is 0 Å². The van der Waals surface area contributed by atoms with Crippen molar-refractivity contribution in [2.24, 2.45) is 5.84 Å². The predicted octanol–water partition coefficient (Wildman–Crippen LogP) is 4.14. The van der Waals surface area contributed by atoms with E-state index in [-0.39, 0.29) is 12.5 Å². The third-order valence-electron chi connectivity index (χ3n) is 3.04. The third kappa shape index (κ3) is 3.68. The van der Waals surface area contributed by atoms with Crippen LogP contribution in [0.3, 0.4) is 0 Å². The molecule has 0 saturated heterocycles. The molecule has 1 unspecified atom stereocenters. The Morgan fingerprint density at radius 1 is 1.26 bits per heavy atom. The van der Waals surface area contributed by atoms with E-state index in [4.69, 9.17) is 5.84 Å². The zero-order valence-corrected chi connectivity index (χ0v) is 11.0. The average molecular weight is 288 g/mol. The van der Waals surface area contributed by atoms with E-state index in [9.17, 15) is 13.2 Å². The van der Waals surface area contributed by atoms with Crippen molar-refractivity contribution >= 4 is 21.4 Å². The summed E-state index contributed by atoms with van der Waals surface area (Å²) in [5, 5.41) is 3.02. The van der Waals surface area contributed by atoms with Crippen LogP contribution in [0.15, 0.2) is 29.6 Å². The second-order valence-corrected chi connectivity index (χ2v) is 5.33. The van der Waals surface area contributed by atoms with Crippen LogP contribution >= 0.6 is 11.3 Å². The lowest BCUT2D eigenvalue weighted by Gasteiger charge is -2.16. The van der Waals surface area contributed by atoms with Gasteiger partial charge in [-0.25, -0.2) is 0 Å². The van der Waals surface area contributed by atoms with Gasteiger partial charge in [-0.1, -0.05) is 18.2 Å². The molecule has 2 aromatic rings. The summed E-state index contributed by atoms with van der Waals surface area (Å²) in [5.74, 6) is 5.48. The van der Waals surface area contributed by atoms with Gasteiger partial charge in [-0.15, -0.1) is 11.3 Å². The summed E-state index contributed by atoms with van der Waals surface area (Å²) in [6, 6.07) is 7.58. The molecule has 0 fully saturated rings. The van der Waals surface area contributed by atoms with Crippen molar-refractivity contribution in [2.45, 2.75) is 31.5 Å². The lowest BCUT2D eigenvalue weighted by molar-refractivity contribution is -0.135. The molecule has 1 aromatic carbocycles. The van der Waals surface area contributed by atoms with Crippen molar-refractivity contribution in [3.8, 4) is 0 Å². The molecule has 3 N–H and O–H groups in total. The highest BCUT2D eigenvalue weighted by atomic mass is 32.1. The first-order valence-corrected chi connectivity index (χ1v) is 6.88.